The van der Waals surface area contributed by atoms with E-state index >= 15 is 0 Å². The molecule has 0 amide bonds. The van der Waals surface area contributed by atoms with Crippen molar-refractivity contribution in [1.82, 2.24) is 14.6 Å². The van der Waals surface area contributed by atoms with Crippen LogP contribution in [0.25, 0.3) is 16.8 Å². The number of aryl methyl sites for hydroxylation is 2. The Bertz CT molecular complexity index is 1120. The number of aromatic nitrogens is 3. The largest absolute Gasteiger partial charge is 0.497 e. The van der Waals surface area contributed by atoms with Gasteiger partial charge in [-0.3, -0.25) is 0 Å². The maximum Gasteiger partial charge on any atom is 0.165 e. The number of rotatable bonds is 8. The van der Waals surface area contributed by atoms with Gasteiger partial charge in [-0.25, -0.2) is 4.98 Å². The molecule has 0 spiro atoms. The average Bonchev–Trinajstić information content (AvgIpc) is 3.36. The highest BCUT2D eigenvalue weighted by molar-refractivity contribution is 5.83. The zero-order chi connectivity index (χ0) is 21.5. The molecule has 0 N–H and O–H groups in total. The van der Waals surface area contributed by atoms with Crippen molar-refractivity contribution in [2.75, 3.05) is 25.1 Å². The summed E-state index contributed by atoms with van der Waals surface area (Å²) in [5.41, 5.74) is 7.65. The Kier molecular flexibility index (Phi) is 5.34. The number of anilines is 1. The Balaban J connectivity index is 1.70. The summed E-state index contributed by atoms with van der Waals surface area (Å²) in [6, 6.07) is 6.22. The number of unbranched alkanes of at least 4 members (excludes halogenated alkanes) is 1. The maximum atomic E-state index is 5.85. The van der Waals surface area contributed by atoms with Crippen molar-refractivity contribution in [3.63, 3.8) is 0 Å². The summed E-state index contributed by atoms with van der Waals surface area (Å²) in [4.78, 5) is 7.63. The minimum absolute atomic E-state index is 0.579. The molecule has 1 saturated carbocycles. The van der Waals surface area contributed by atoms with E-state index in [1.165, 1.54) is 42.6 Å². The highest BCUT2D eigenvalue weighted by atomic mass is 16.5. The fourth-order valence-electron chi connectivity index (χ4n) is 4.66. The quantitative estimate of drug-likeness (QED) is 0.509. The number of methoxy groups -OCH3 is 1. The van der Waals surface area contributed by atoms with Gasteiger partial charge in [-0.2, -0.15) is 9.61 Å². The maximum absolute atomic E-state index is 5.85. The first-order valence-corrected chi connectivity index (χ1v) is 11.5. The van der Waals surface area contributed by atoms with E-state index < -0.39 is 0 Å². The van der Waals surface area contributed by atoms with Crippen LogP contribution in [0.3, 0.4) is 0 Å². The number of benzene rings is 1. The second kappa shape index (κ2) is 8.15. The zero-order valence-electron chi connectivity index (χ0n) is 19.1. The third kappa shape index (κ3) is 3.67. The summed E-state index contributed by atoms with van der Waals surface area (Å²) in [6.45, 7) is 9.82. The number of hydrogen-bond acceptors (Lipinski definition) is 5. The molecule has 1 aromatic carbocycles. The SMILES string of the molecule is CCCCN(CC1CC1)c1c2c(nc3c(-c4ccc(OC)cc4C)c(C)nn13)COC2. The van der Waals surface area contributed by atoms with Crippen molar-refractivity contribution >= 4 is 11.5 Å². The van der Waals surface area contributed by atoms with E-state index in [4.69, 9.17) is 19.6 Å². The van der Waals surface area contributed by atoms with E-state index in [0.29, 0.717) is 13.2 Å². The van der Waals surface area contributed by atoms with E-state index in [-0.39, 0.29) is 0 Å². The van der Waals surface area contributed by atoms with Gasteiger partial charge < -0.3 is 14.4 Å². The number of fused-ring (bicyclic) bond motifs is 2. The van der Waals surface area contributed by atoms with Crippen LogP contribution in [-0.2, 0) is 18.0 Å². The minimum atomic E-state index is 0.579. The molecule has 2 aromatic heterocycles. The molecule has 1 aliphatic carbocycles. The molecule has 1 fully saturated rings. The van der Waals surface area contributed by atoms with Gasteiger partial charge in [-0.1, -0.05) is 19.4 Å². The normalized spacial score (nSPS) is 15.5. The van der Waals surface area contributed by atoms with Gasteiger partial charge in [0, 0.05) is 24.2 Å². The van der Waals surface area contributed by atoms with E-state index in [1.54, 1.807) is 7.11 Å². The molecule has 6 heteroatoms. The molecule has 2 aliphatic rings. The molecule has 1 aliphatic heterocycles. The van der Waals surface area contributed by atoms with Gasteiger partial charge in [0.1, 0.15) is 11.6 Å². The molecular formula is C25H32N4O2. The van der Waals surface area contributed by atoms with Crippen LogP contribution in [0.15, 0.2) is 18.2 Å². The molecule has 3 aromatic rings. The molecule has 6 nitrogen and oxygen atoms in total. The molecular weight excluding hydrogens is 388 g/mol. The third-order valence-electron chi connectivity index (χ3n) is 6.54. The molecule has 0 saturated heterocycles. The monoisotopic (exact) mass is 420 g/mol. The summed E-state index contributed by atoms with van der Waals surface area (Å²) in [6.07, 6.45) is 5.04. The van der Waals surface area contributed by atoms with Crippen LogP contribution >= 0.6 is 0 Å². The Hall–Kier alpha value is -2.60. The average molecular weight is 421 g/mol. The lowest BCUT2D eigenvalue weighted by Crippen LogP contribution is -2.30. The Morgan fingerprint density at radius 3 is 2.77 bits per heavy atom. The van der Waals surface area contributed by atoms with Gasteiger partial charge in [0.2, 0.25) is 0 Å². The Morgan fingerprint density at radius 1 is 1.23 bits per heavy atom. The van der Waals surface area contributed by atoms with Crippen LogP contribution in [0.2, 0.25) is 0 Å². The highest BCUT2D eigenvalue weighted by Gasteiger charge is 2.31. The molecule has 164 valence electrons. The van der Waals surface area contributed by atoms with E-state index in [1.807, 2.05) is 6.07 Å². The molecule has 3 heterocycles. The highest BCUT2D eigenvalue weighted by Crippen LogP contribution is 2.39. The van der Waals surface area contributed by atoms with Crippen LogP contribution in [0.5, 0.6) is 5.75 Å². The summed E-state index contributed by atoms with van der Waals surface area (Å²) >= 11 is 0. The number of ether oxygens (including phenoxy) is 2. The first kappa shape index (κ1) is 20.3. The van der Waals surface area contributed by atoms with E-state index in [9.17, 15) is 0 Å². The predicted molar refractivity (Wildman–Crippen MR) is 123 cm³/mol. The summed E-state index contributed by atoms with van der Waals surface area (Å²) < 4.78 is 13.4. The second-order valence-electron chi connectivity index (χ2n) is 8.97. The fourth-order valence-corrected chi connectivity index (χ4v) is 4.66. The van der Waals surface area contributed by atoms with Gasteiger partial charge in [0.25, 0.3) is 0 Å². The van der Waals surface area contributed by atoms with Gasteiger partial charge >= 0.3 is 0 Å². The van der Waals surface area contributed by atoms with Gasteiger partial charge in [-0.05, 0) is 62.3 Å². The Morgan fingerprint density at radius 2 is 2.06 bits per heavy atom. The van der Waals surface area contributed by atoms with Crippen molar-refractivity contribution in [3.05, 3.63) is 40.7 Å². The predicted octanol–water partition coefficient (Wildman–Crippen LogP) is 5.07. The second-order valence-corrected chi connectivity index (χ2v) is 8.97. The van der Waals surface area contributed by atoms with E-state index in [0.717, 1.165) is 52.9 Å². The van der Waals surface area contributed by atoms with Crippen LogP contribution in [-0.4, -0.2) is 34.8 Å². The summed E-state index contributed by atoms with van der Waals surface area (Å²) in [5.74, 6) is 2.87. The van der Waals surface area contributed by atoms with E-state index in [2.05, 4.69) is 42.3 Å². The van der Waals surface area contributed by atoms with Crippen molar-refractivity contribution in [3.8, 4) is 16.9 Å². The molecule has 31 heavy (non-hydrogen) atoms. The molecule has 0 unspecified atom stereocenters. The van der Waals surface area contributed by atoms with Crippen molar-refractivity contribution in [1.29, 1.82) is 0 Å². The number of hydrogen-bond donors (Lipinski definition) is 0. The van der Waals surface area contributed by atoms with Crippen LogP contribution in [0.1, 0.15) is 55.1 Å². The lowest BCUT2D eigenvalue weighted by atomic mass is 10.0. The molecule has 0 atom stereocenters. The first-order chi connectivity index (χ1) is 15.1. The van der Waals surface area contributed by atoms with Gasteiger partial charge in [0.05, 0.1) is 31.7 Å². The van der Waals surface area contributed by atoms with Gasteiger partial charge in [0.15, 0.2) is 5.65 Å². The lowest BCUT2D eigenvalue weighted by molar-refractivity contribution is 0.133. The standard InChI is InChI=1S/C25H32N4O2/c1-5-6-11-28(13-18-7-8-18)25-21-14-31-15-22(21)26-24-23(17(3)27-29(24)25)20-10-9-19(30-4)12-16(20)2/h9-10,12,18H,5-8,11,13-15H2,1-4H3. The summed E-state index contributed by atoms with van der Waals surface area (Å²) in [5, 5.41) is 5.03. The van der Waals surface area contributed by atoms with Crippen LogP contribution in [0.4, 0.5) is 5.82 Å². The molecule has 5 rings (SSSR count). The number of nitrogens with zero attached hydrogens (tertiary/aromatic N) is 4. The topological polar surface area (TPSA) is 51.9 Å². The first-order valence-electron chi connectivity index (χ1n) is 11.5. The zero-order valence-corrected chi connectivity index (χ0v) is 19.1. The molecule has 0 radical (unpaired) electrons. The Labute approximate surface area is 184 Å². The van der Waals surface area contributed by atoms with Crippen LogP contribution < -0.4 is 9.64 Å². The van der Waals surface area contributed by atoms with Gasteiger partial charge in [-0.15, -0.1) is 0 Å². The van der Waals surface area contributed by atoms with Crippen molar-refractivity contribution in [2.24, 2.45) is 5.92 Å². The van der Waals surface area contributed by atoms with Crippen LogP contribution in [0, 0.1) is 19.8 Å². The molecule has 0 bridgehead atoms. The summed E-state index contributed by atoms with van der Waals surface area (Å²) in [7, 11) is 1.71. The lowest BCUT2D eigenvalue weighted by Gasteiger charge is -2.27. The fraction of sp³-hybridized carbons (Fsp3) is 0.520. The third-order valence-corrected chi connectivity index (χ3v) is 6.54. The van der Waals surface area contributed by atoms with Crippen molar-refractivity contribution < 1.29 is 9.47 Å². The smallest absolute Gasteiger partial charge is 0.165 e. The van der Waals surface area contributed by atoms with Crippen molar-refractivity contribution in [2.45, 2.75) is 59.7 Å². The minimum Gasteiger partial charge on any atom is -0.497 e.